The molecule has 0 saturated carbocycles. The smallest absolute Gasteiger partial charge is 0.231 e. The average Bonchev–Trinajstić information content (AvgIpc) is 2.28. The van der Waals surface area contributed by atoms with E-state index in [9.17, 15) is 9.18 Å². The topological polar surface area (TPSA) is 29.1 Å². The van der Waals surface area contributed by atoms with Gasteiger partial charge >= 0.3 is 0 Å². The van der Waals surface area contributed by atoms with Gasteiger partial charge in [0, 0.05) is 5.69 Å². The van der Waals surface area contributed by atoms with E-state index in [-0.39, 0.29) is 17.6 Å². The molecule has 1 unspecified atom stereocenters. The molecule has 0 aliphatic carbocycles. The minimum Gasteiger partial charge on any atom is -0.325 e. The molecule has 1 aromatic carbocycles. The van der Waals surface area contributed by atoms with Crippen molar-refractivity contribution in [3.05, 3.63) is 29.6 Å². The van der Waals surface area contributed by atoms with E-state index in [4.69, 9.17) is 0 Å². The highest BCUT2D eigenvalue weighted by Gasteiger charge is 2.26. The first-order valence-electron chi connectivity index (χ1n) is 3.79. The second-order valence-electron chi connectivity index (χ2n) is 2.94. The lowest BCUT2D eigenvalue weighted by Crippen LogP contribution is -2.08. The highest BCUT2D eigenvalue weighted by molar-refractivity contribution is 6.02. The maximum atomic E-state index is 12.7. The molecule has 1 amide bonds. The highest BCUT2D eigenvalue weighted by Crippen LogP contribution is 2.31. The van der Waals surface area contributed by atoms with E-state index in [1.54, 1.807) is 13.0 Å². The van der Waals surface area contributed by atoms with Gasteiger partial charge < -0.3 is 5.32 Å². The summed E-state index contributed by atoms with van der Waals surface area (Å²) in [5.74, 6) is -0.528. The fourth-order valence-electron chi connectivity index (χ4n) is 1.40. The van der Waals surface area contributed by atoms with Crippen molar-refractivity contribution in [2.75, 3.05) is 5.32 Å². The van der Waals surface area contributed by atoms with Crippen molar-refractivity contribution in [2.24, 2.45) is 0 Å². The predicted octanol–water partition coefficient (Wildman–Crippen LogP) is 1.88. The summed E-state index contributed by atoms with van der Waals surface area (Å²) >= 11 is 0. The van der Waals surface area contributed by atoms with E-state index in [1.165, 1.54) is 12.1 Å². The molecule has 3 heteroatoms. The number of carbonyl (C=O) groups excluding carboxylic acids is 1. The number of benzene rings is 1. The molecule has 0 aromatic heterocycles. The number of hydrogen-bond donors (Lipinski definition) is 1. The van der Waals surface area contributed by atoms with Crippen LogP contribution in [0.5, 0.6) is 0 Å². The van der Waals surface area contributed by atoms with Gasteiger partial charge in [0.05, 0.1) is 5.92 Å². The van der Waals surface area contributed by atoms with Gasteiger partial charge in [0.2, 0.25) is 5.91 Å². The van der Waals surface area contributed by atoms with Crippen LogP contribution in [-0.4, -0.2) is 5.91 Å². The van der Waals surface area contributed by atoms with Crippen LogP contribution < -0.4 is 5.32 Å². The lowest BCUT2D eigenvalue weighted by atomic mass is 10.0. The van der Waals surface area contributed by atoms with Crippen molar-refractivity contribution in [1.82, 2.24) is 0 Å². The van der Waals surface area contributed by atoms with Crippen LogP contribution in [0.15, 0.2) is 18.2 Å². The van der Waals surface area contributed by atoms with Gasteiger partial charge in [-0.15, -0.1) is 0 Å². The van der Waals surface area contributed by atoms with Crippen LogP contribution in [0.3, 0.4) is 0 Å². The first-order valence-corrected chi connectivity index (χ1v) is 3.79. The fraction of sp³-hybridized carbons (Fsp3) is 0.222. The number of carbonyl (C=O) groups is 1. The van der Waals surface area contributed by atoms with Crippen molar-refractivity contribution < 1.29 is 9.18 Å². The second kappa shape index (κ2) is 2.30. The van der Waals surface area contributed by atoms with Crippen LogP contribution in [0.2, 0.25) is 0 Å². The van der Waals surface area contributed by atoms with Crippen LogP contribution >= 0.6 is 0 Å². The summed E-state index contributed by atoms with van der Waals surface area (Å²) in [6, 6.07) is 4.36. The zero-order chi connectivity index (χ0) is 8.72. The first-order chi connectivity index (χ1) is 5.68. The molecule has 12 heavy (non-hydrogen) atoms. The predicted molar refractivity (Wildman–Crippen MR) is 43.4 cm³/mol. The van der Waals surface area contributed by atoms with Crippen molar-refractivity contribution in [2.45, 2.75) is 12.8 Å². The Hall–Kier alpha value is -1.38. The molecular formula is C9H8FNO. The summed E-state index contributed by atoms with van der Waals surface area (Å²) in [6.45, 7) is 1.80. The summed E-state index contributed by atoms with van der Waals surface area (Å²) < 4.78 is 12.7. The quantitative estimate of drug-likeness (QED) is 0.624. The molecule has 1 N–H and O–H groups in total. The van der Waals surface area contributed by atoms with Gasteiger partial charge in [-0.25, -0.2) is 4.39 Å². The normalized spacial score (nSPS) is 20.5. The molecule has 2 rings (SSSR count). The standard InChI is InChI=1S/C9H8FNO/c1-5-7-3-2-6(10)4-8(7)11-9(5)12/h2-5H,1H3,(H,11,12). The molecule has 0 spiro atoms. The van der Waals surface area contributed by atoms with E-state index >= 15 is 0 Å². The van der Waals surface area contributed by atoms with Crippen molar-refractivity contribution >= 4 is 11.6 Å². The van der Waals surface area contributed by atoms with Gasteiger partial charge in [-0.1, -0.05) is 6.07 Å². The van der Waals surface area contributed by atoms with E-state index in [2.05, 4.69) is 5.32 Å². The van der Waals surface area contributed by atoms with Crippen molar-refractivity contribution in [3.8, 4) is 0 Å². The van der Waals surface area contributed by atoms with E-state index in [1.807, 2.05) is 0 Å². The Morgan fingerprint density at radius 3 is 3.00 bits per heavy atom. The summed E-state index contributed by atoms with van der Waals surface area (Å²) in [7, 11) is 0. The zero-order valence-electron chi connectivity index (χ0n) is 6.60. The van der Waals surface area contributed by atoms with Gasteiger partial charge in [-0.2, -0.15) is 0 Å². The van der Waals surface area contributed by atoms with Crippen LogP contribution in [0.1, 0.15) is 18.4 Å². The number of amides is 1. The Balaban J connectivity index is 2.54. The molecule has 2 nitrogen and oxygen atoms in total. The maximum Gasteiger partial charge on any atom is 0.231 e. The molecule has 0 fully saturated rings. The first kappa shape index (κ1) is 7.28. The SMILES string of the molecule is CC1C(=O)Nc2cc(F)ccc21. The third-order valence-corrected chi connectivity index (χ3v) is 2.13. The monoisotopic (exact) mass is 165 g/mol. The number of rotatable bonds is 0. The molecule has 0 bridgehead atoms. The lowest BCUT2D eigenvalue weighted by molar-refractivity contribution is -0.116. The Kier molecular flexibility index (Phi) is 1.40. The molecule has 1 aliphatic heterocycles. The van der Waals surface area contributed by atoms with E-state index in [0.717, 1.165) is 5.56 Å². The summed E-state index contributed by atoms with van der Waals surface area (Å²) in [4.78, 5) is 11.1. The number of fused-ring (bicyclic) bond motifs is 1. The Morgan fingerprint density at radius 1 is 1.50 bits per heavy atom. The largest absolute Gasteiger partial charge is 0.325 e. The highest BCUT2D eigenvalue weighted by atomic mass is 19.1. The van der Waals surface area contributed by atoms with Gasteiger partial charge in [-0.3, -0.25) is 4.79 Å². The third kappa shape index (κ3) is 0.897. The van der Waals surface area contributed by atoms with Crippen molar-refractivity contribution in [3.63, 3.8) is 0 Å². The molecule has 0 saturated heterocycles. The van der Waals surface area contributed by atoms with Crippen LogP contribution in [-0.2, 0) is 4.79 Å². The summed E-state index contributed by atoms with van der Waals surface area (Å²) in [6.07, 6.45) is 0. The van der Waals surface area contributed by atoms with E-state index < -0.39 is 0 Å². The van der Waals surface area contributed by atoms with Crippen LogP contribution in [0.25, 0.3) is 0 Å². The average molecular weight is 165 g/mol. The van der Waals surface area contributed by atoms with Crippen LogP contribution in [0.4, 0.5) is 10.1 Å². The minimum absolute atomic E-state index is 0.0596. The summed E-state index contributed by atoms with van der Waals surface area (Å²) in [5.41, 5.74) is 1.48. The molecule has 62 valence electrons. The summed E-state index contributed by atoms with van der Waals surface area (Å²) in [5, 5.41) is 2.61. The van der Waals surface area contributed by atoms with E-state index in [0.29, 0.717) is 5.69 Å². The molecule has 1 aliphatic rings. The Morgan fingerprint density at radius 2 is 2.25 bits per heavy atom. The molecule has 1 aromatic rings. The van der Waals surface area contributed by atoms with Gasteiger partial charge in [-0.05, 0) is 24.6 Å². The molecular weight excluding hydrogens is 157 g/mol. The van der Waals surface area contributed by atoms with Crippen molar-refractivity contribution in [1.29, 1.82) is 0 Å². The van der Waals surface area contributed by atoms with Gasteiger partial charge in [0.15, 0.2) is 0 Å². The number of anilines is 1. The minimum atomic E-state index is -0.317. The van der Waals surface area contributed by atoms with Gasteiger partial charge in [0.1, 0.15) is 5.82 Å². The molecule has 0 radical (unpaired) electrons. The Labute approximate surface area is 69.4 Å². The second-order valence-corrected chi connectivity index (χ2v) is 2.94. The fourth-order valence-corrected chi connectivity index (χ4v) is 1.40. The number of halogens is 1. The number of nitrogens with one attached hydrogen (secondary N) is 1. The lowest BCUT2D eigenvalue weighted by Gasteiger charge is -1.98. The van der Waals surface area contributed by atoms with Gasteiger partial charge in [0.25, 0.3) is 0 Å². The molecule has 1 atom stereocenters. The van der Waals surface area contributed by atoms with Crippen LogP contribution in [0, 0.1) is 5.82 Å². The third-order valence-electron chi connectivity index (χ3n) is 2.13. The number of hydrogen-bond acceptors (Lipinski definition) is 1. The zero-order valence-corrected chi connectivity index (χ0v) is 6.60. The Bertz CT molecular complexity index is 348. The molecule has 1 heterocycles. The maximum absolute atomic E-state index is 12.7.